The summed E-state index contributed by atoms with van der Waals surface area (Å²) in [5.74, 6) is 1.73. The van der Waals surface area contributed by atoms with Gasteiger partial charge in [0.2, 0.25) is 0 Å². The molecule has 1 aromatic rings. The average Bonchev–Trinajstić information content (AvgIpc) is 2.90. The largest absolute Gasteiger partial charge is 0.349 e. The molecule has 1 aromatic carbocycles. The summed E-state index contributed by atoms with van der Waals surface area (Å²) in [4.78, 5) is 12.3. The molecule has 0 heterocycles. The smallest absolute Gasteiger partial charge is 0.251 e. The Hall–Kier alpha value is -1.31. The quantitative estimate of drug-likeness (QED) is 0.849. The molecule has 2 aliphatic carbocycles. The molecular weight excluding hydrogens is 222 g/mol. The highest BCUT2D eigenvalue weighted by Gasteiger charge is 2.40. The summed E-state index contributed by atoms with van der Waals surface area (Å²) in [5.41, 5.74) is 3.13. The molecule has 2 saturated carbocycles. The minimum Gasteiger partial charge on any atom is -0.349 e. The van der Waals surface area contributed by atoms with E-state index in [0.717, 1.165) is 23.0 Å². The predicted octanol–water partition coefficient (Wildman–Crippen LogP) is 3.22. The maximum atomic E-state index is 12.3. The zero-order valence-corrected chi connectivity index (χ0v) is 11.2. The van der Waals surface area contributed by atoms with Crippen molar-refractivity contribution in [2.75, 3.05) is 0 Å². The van der Waals surface area contributed by atoms with Gasteiger partial charge in [-0.1, -0.05) is 24.1 Å². The van der Waals surface area contributed by atoms with E-state index < -0.39 is 0 Å². The SMILES string of the molecule is Cc1ccc(C(=O)N[C@@H]2C[C@H]3CC[C@H]2C3)c(C)c1. The van der Waals surface area contributed by atoms with E-state index in [1.54, 1.807) is 0 Å². The summed E-state index contributed by atoms with van der Waals surface area (Å²) >= 11 is 0. The topological polar surface area (TPSA) is 29.1 Å². The zero-order chi connectivity index (χ0) is 12.7. The van der Waals surface area contributed by atoms with E-state index in [2.05, 4.69) is 18.3 Å². The highest BCUT2D eigenvalue weighted by molar-refractivity contribution is 5.95. The van der Waals surface area contributed by atoms with Gasteiger partial charge in [0.1, 0.15) is 0 Å². The highest BCUT2D eigenvalue weighted by Crippen LogP contribution is 2.44. The highest BCUT2D eigenvalue weighted by atomic mass is 16.1. The van der Waals surface area contributed by atoms with Gasteiger partial charge >= 0.3 is 0 Å². The lowest BCUT2D eigenvalue weighted by molar-refractivity contribution is 0.0922. The minimum atomic E-state index is 0.116. The van der Waals surface area contributed by atoms with E-state index >= 15 is 0 Å². The number of fused-ring (bicyclic) bond motifs is 2. The van der Waals surface area contributed by atoms with E-state index in [1.807, 2.05) is 19.1 Å². The van der Waals surface area contributed by atoms with Crippen LogP contribution < -0.4 is 5.32 Å². The van der Waals surface area contributed by atoms with Crippen molar-refractivity contribution in [2.45, 2.75) is 45.6 Å². The number of hydrogen-bond acceptors (Lipinski definition) is 1. The van der Waals surface area contributed by atoms with Crippen LogP contribution in [-0.2, 0) is 0 Å². The molecule has 1 amide bonds. The van der Waals surface area contributed by atoms with Crippen LogP contribution in [-0.4, -0.2) is 11.9 Å². The van der Waals surface area contributed by atoms with Crippen LogP contribution in [0.2, 0.25) is 0 Å². The van der Waals surface area contributed by atoms with E-state index in [0.29, 0.717) is 6.04 Å². The van der Waals surface area contributed by atoms with E-state index in [1.165, 1.54) is 31.2 Å². The number of amides is 1. The molecule has 2 heteroatoms. The van der Waals surface area contributed by atoms with Crippen molar-refractivity contribution in [3.8, 4) is 0 Å². The Balaban J connectivity index is 1.71. The van der Waals surface area contributed by atoms with Crippen molar-refractivity contribution in [2.24, 2.45) is 11.8 Å². The molecule has 2 aliphatic rings. The average molecular weight is 243 g/mol. The Morgan fingerprint density at radius 1 is 1.22 bits per heavy atom. The lowest BCUT2D eigenvalue weighted by Crippen LogP contribution is -2.38. The molecule has 18 heavy (non-hydrogen) atoms. The van der Waals surface area contributed by atoms with Crippen molar-refractivity contribution in [3.63, 3.8) is 0 Å². The Labute approximate surface area is 109 Å². The molecular formula is C16H21NO. The van der Waals surface area contributed by atoms with Crippen LogP contribution in [0.3, 0.4) is 0 Å². The normalized spacial score (nSPS) is 29.6. The molecule has 0 saturated heterocycles. The molecule has 2 nitrogen and oxygen atoms in total. The monoisotopic (exact) mass is 243 g/mol. The van der Waals surface area contributed by atoms with Gasteiger partial charge in [-0.3, -0.25) is 4.79 Å². The maximum absolute atomic E-state index is 12.3. The number of nitrogens with one attached hydrogen (secondary N) is 1. The van der Waals surface area contributed by atoms with Gasteiger partial charge in [0, 0.05) is 11.6 Å². The second-order valence-electron chi connectivity index (χ2n) is 6.07. The van der Waals surface area contributed by atoms with Crippen LogP contribution >= 0.6 is 0 Å². The van der Waals surface area contributed by atoms with Crippen LogP contribution in [0.25, 0.3) is 0 Å². The fourth-order valence-corrected chi connectivity index (χ4v) is 3.74. The van der Waals surface area contributed by atoms with Crippen molar-refractivity contribution < 1.29 is 4.79 Å². The first-order chi connectivity index (χ1) is 8.63. The summed E-state index contributed by atoms with van der Waals surface area (Å²) in [7, 11) is 0. The van der Waals surface area contributed by atoms with Crippen LogP contribution in [0.5, 0.6) is 0 Å². The number of rotatable bonds is 2. The lowest BCUT2D eigenvalue weighted by atomic mass is 9.95. The summed E-state index contributed by atoms with van der Waals surface area (Å²) < 4.78 is 0. The van der Waals surface area contributed by atoms with Crippen molar-refractivity contribution in [1.82, 2.24) is 5.32 Å². The Morgan fingerprint density at radius 3 is 2.67 bits per heavy atom. The first-order valence-corrected chi connectivity index (χ1v) is 7.01. The van der Waals surface area contributed by atoms with Crippen molar-refractivity contribution >= 4 is 5.91 Å². The molecule has 0 aromatic heterocycles. The van der Waals surface area contributed by atoms with Crippen LogP contribution in [0.15, 0.2) is 18.2 Å². The van der Waals surface area contributed by atoms with Gasteiger partial charge in [-0.25, -0.2) is 0 Å². The second kappa shape index (κ2) is 4.42. The van der Waals surface area contributed by atoms with Crippen LogP contribution in [0.1, 0.15) is 47.2 Å². The number of carbonyl (C=O) groups is 1. The number of hydrogen-bond donors (Lipinski definition) is 1. The maximum Gasteiger partial charge on any atom is 0.251 e. The summed E-state index contributed by atoms with van der Waals surface area (Å²) in [5, 5.41) is 3.25. The molecule has 0 radical (unpaired) electrons. The third kappa shape index (κ3) is 2.05. The van der Waals surface area contributed by atoms with E-state index in [9.17, 15) is 4.79 Å². The summed E-state index contributed by atoms with van der Waals surface area (Å²) in [6.45, 7) is 4.08. The Kier molecular flexibility index (Phi) is 2.89. The molecule has 0 unspecified atom stereocenters. The number of carbonyl (C=O) groups excluding carboxylic acids is 1. The predicted molar refractivity (Wildman–Crippen MR) is 72.6 cm³/mol. The third-order valence-electron chi connectivity index (χ3n) is 4.68. The summed E-state index contributed by atoms with van der Waals surface area (Å²) in [6, 6.07) is 6.47. The Morgan fingerprint density at radius 2 is 2.06 bits per heavy atom. The molecule has 0 spiro atoms. The molecule has 3 atom stereocenters. The second-order valence-corrected chi connectivity index (χ2v) is 6.07. The van der Waals surface area contributed by atoms with Crippen LogP contribution in [0.4, 0.5) is 0 Å². The molecule has 1 N–H and O–H groups in total. The Bertz CT molecular complexity index is 480. The fraction of sp³-hybridized carbons (Fsp3) is 0.562. The van der Waals surface area contributed by atoms with Gasteiger partial charge in [0.05, 0.1) is 0 Å². The molecule has 96 valence electrons. The summed E-state index contributed by atoms with van der Waals surface area (Å²) in [6.07, 6.45) is 5.21. The zero-order valence-electron chi connectivity index (χ0n) is 11.2. The minimum absolute atomic E-state index is 0.116. The number of aryl methyl sites for hydroxylation is 2. The number of benzene rings is 1. The standard InChI is InChI=1S/C16H21NO/c1-10-3-6-14(11(2)7-10)16(18)17-15-9-12-4-5-13(15)8-12/h3,6-7,12-13,15H,4-5,8-9H2,1-2H3,(H,17,18)/t12-,13-,15+/m0/s1. The van der Waals surface area contributed by atoms with Crippen molar-refractivity contribution in [1.29, 1.82) is 0 Å². The van der Waals surface area contributed by atoms with Gasteiger partial charge < -0.3 is 5.32 Å². The van der Waals surface area contributed by atoms with Gasteiger partial charge in [0.15, 0.2) is 0 Å². The molecule has 2 bridgehead atoms. The third-order valence-corrected chi connectivity index (χ3v) is 4.68. The first-order valence-electron chi connectivity index (χ1n) is 7.01. The van der Waals surface area contributed by atoms with Gasteiger partial charge in [-0.2, -0.15) is 0 Å². The molecule has 2 fully saturated rings. The van der Waals surface area contributed by atoms with E-state index in [-0.39, 0.29) is 5.91 Å². The lowest BCUT2D eigenvalue weighted by Gasteiger charge is -2.23. The van der Waals surface area contributed by atoms with Gasteiger partial charge in [-0.15, -0.1) is 0 Å². The molecule has 0 aliphatic heterocycles. The van der Waals surface area contributed by atoms with Crippen LogP contribution in [0, 0.1) is 25.7 Å². The van der Waals surface area contributed by atoms with Gasteiger partial charge in [-0.05, 0) is 56.6 Å². The van der Waals surface area contributed by atoms with Gasteiger partial charge in [0.25, 0.3) is 5.91 Å². The van der Waals surface area contributed by atoms with E-state index in [4.69, 9.17) is 0 Å². The molecule has 3 rings (SSSR count). The van der Waals surface area contributed by atoms with Crippen molar-refractivity contribution in [3.05, 3.63) is 34.9 Å². The first kappa shape index (κ1) is 11.8. The fourth-order valence-electron chi connectivity index (χ4n) is 3.74.